The lowest BCUT2D eigenvalue weighted by Crippen LogP contribution is -1.98. The molecule has 0 aliphatic rings. The first-order valence-electron chi connectivity index (χ1n) is 6.73. The second-order valence-corrected chi connectivity index (χ2v) is 4.89. The molecular formula is C17H12O5. The maximum Gasteiger partial charge on any atom is 0.348 e. The zero-order valence-corrected chi connectivity index (χ0v) is 12.0. The largest absolute Gasteiger partial charge is 0.497 e. The van der Waals surface area contributed by atoms with Crippen molar-refractivity contribution in [3.8, 4) is 11.5 Å². The van der Waals surface area contributed by atoms with E-state index in [4.69, 9.17) is 18.3 Å². The van der Waals surface area contributed by atoms with E-state index in [2.05, 4.69) is 0 Å². The number of rotatable bonds is 2. The van der Waals surface area contributed by atoms with Crippen LogP contribution in [0.4, 0.5) is 0 Å². The number of furan rings is 1. The lowest BCUT2D eigenvalue weighted by molar-refractivity contribution is 0.412. The lowest BCUT2D eigenvalue weighted by Gasteiger charge is -2.01. The summed E-state index contributed by atoms with van der Waals surface area (Å²) in [6.45, 7) is 0. The molecule has 2 aromatic heterocycles. The van der Waals surface area contributed by atoms with Gasteiger partial charge < -0.3 is 18.3 Å². The number of fused-ring (bicyclic) bond motifs is 5. The van der Waals surface area contributed by atoms with E-state index >= 15 is 0 Å². The van der Waals surface area contributed by atoms with Crippen molar-refractivity contribution in [1.82, 2.24) is 0 Å². The predicted molar refractivity (Wildman–Crippen MR) is 82.9 cm³/mol. The van der Waals surface area contributed by atoms with Crippen LogP contribution in [-0.4, -0.2) is 14.2 Å². The van der Waals surface area contributed by atoms with E-state index in [1.54, 1.807) is 32.4 Å². The minimum Gasteiger partial charge on any atom is -0.497 e. The summed E-state index contributed by atoms with van der Waals surface area (Å²) in [6.07, 6.45) is 0. The summed E-state index contributed by atoms with van der Waals surface area (Å²) in [5.41, 5.74) is 1.02. The standard InChI is InChI=1S/C17H12O5/c1-19-9-6-7-10-13(8-9)21-17(18)14-11-4-3-5-12(20-2)15(11)22-16(10)14/h3-8H,1-2H3. The fourth-order valence-electron chi connectivity index (χ4n) is 2.70. The number of hydrogen-bond acceptors (Lipinski definition) is 5. The van der Waals surface area contributed by atoms with Crippen LogP contribution in [0.1, 0.15) is 0 Å². The molecule has 0 saturated carbocycles. The van der Waals surface area contributed by atoms with Crippen molar-refractivity contribution in [2.24, 2.45) is 0 Å². The van der Waals surface area contributed by atoms with Gasteiger partial charge in [-0.15, -0.1) is 0 Å². The van der Waals surface area contributed by atoms with Crippen LogP contribution in [0.5, 0.6) is 11.5 Å². The average molecular weight is 296 g/mol. The number of para-hydroxylation sites is 1. The van der Waals surface area contributed by atoms with E-state index in [0.29, 0.717) is 44.4 Å². The van der Waals surface area contributed by atoms with Crippen LogP contribution in [0, 0.1) is 0 Å². The van der Waals surface area contributed by atoms with Gasteiger partial charge in [0.2, 0.25) is 0 Å². The van der Waals surface area contributed by atoms with E-state index < -0.39 is 5.63 Å². The molecule has 2 aromatic carbocycles. The quantitative estimate of drug-likeness (QED) is 0.528. The third kappa shape index (κ3) is 1.62. The summed E-state index contributed by atoms with van der Waals surface area (Å²) in [5, 5.41) is 1.82. The predicted octanol–water partition coefficient (Wildman–Crippen LogP) is 3.71. The Kier molecular flexibility index (Phi) is 2.63. The molecular weight excluding hydrogens is 284 g/mol. The monoisotopic (exact) mass is 296 g/mol. The van der Waals surface area contributed by atoms with Crippen molar-refractivity contribution in [1.29, 1.82) is 0 Å². The van der Waals surface area contributed by atoms with E-state index in [0.717, 1.165) is 0 Å². The molecule has 0 amide bonds. The Hall–Kier alpha value is -2.95. The molecule has 0 aliphatic heterocycles. The number of ether oxygens (including phenoxy) is 2. The van der Waals surface area contributed by atoms with Crippen LogP contribution in [0.25, 0.3) is 32.9 Å². The lowest BCUT2D eigenvalue weighted by atomic mass is 10.1. The summed E-state index contributed by atoms with van der Waals surface area (Å²) in [5.74, 6) is 1.19. The first-order chi connectivity index (χ1) is 10.7. The highest BCUT2D eigenvalue weighted by molar-refractivity contribution is 6.14. The second-order valence-electron chi connectivity index (χ2n) is 4.89. The van der Waals surface area contributed by atoms with Gasteiger partial charge in [0.1, 0.15) is 16.7 Å². The van der Waals surface area contributed by atoms with Gasteiger partial charge >= 0.3 is 5.63 Å². The molecule has 4 aromatic rings. The highest BCUT2D eigenvalue weighted by Gasteiger charge is 2.18. The fraction of sp³-hybridized carbons (Fsp3) is 0.118. The minimum atomic E-state index is -0.442. The van der Waals surface area contributed by atoms with Crippen molar-refractivity contribution >= 4 is 32.9 Å². The van der Waals surface area contributed by atoms with Crippen LogP contribution in [0.2, 0.25) is 0 Å². The first kappa shape index (κ1) is 12.8. The minimum absolute atomic E-state index is 0.423. The molecule has 0 fully saturated rings. The van der Waals surface area contributed by atoms with E-state index in [1.165, 1.54) is 0 Å². The summed E-state index contributed by atoms with van der Waals surface area (Å²) >= 11 is 0. The molecule has 0 N–H and O–H groups in total. The second kappa shape index (κ2) is 4.53. The first-order valence-corrected chi connectivity index (χ1v) is 6.73. The van der Waals surface area contributed by atoms with Gasteiger partial charge in [-0.25, -0.2) is 4.79 Å². The van der Waals surface area contributed by atoms with Crippen LogP contribution in [0.3, 0.4) is 0 Å². The van der Waals surface area contributed by atoms with Crippen molar-refractivity contribution < 1.29 is 18.3 Å². The van der Waals surface area contributed by atoms with Gasteiger partial charge in [-0.1, -0.05) is 6.07 Å². The number of benzene rings is 2. The van der Waals surface area contributed by atoms with E-state index in [1.807, 2.05) is 18.2 Å². The summed E-state index contributed by atoms with van der Waals surface area (Å²) in [7, 11) is 3.12. The molecule has 110 valence electrons. The van der Waals surface area contributed by atoms with Gasteiger partial charge in [-0.05, 0) is 24.3 Å². The molecule has 4 rings (SSSR count). The smallest absolute Gasteiger partial charge is 0.348 e. The maximum atomic E-state index is 12.4. The Morgan fingerprint density at radius 2 is 1.77 bits per heavy atom. The zero-order chi connectivity index (χ0) is 15.3. The number of methoxy groups -OCH3 is 2. The third-order valence-corrected chi connectivity index (χ3v) is 3.74. The van der Waals surface area contributed by atoms with Gasteiger partial charge in [0.05, 0.1) is 19.6 Å². The Morgan fingerprint density at radius 3 is 2.55 bits per heavy atom. The van der Waals surface area contributed by atoms with Gasteiger partial charge in [0.15, 0.2) is 16.9 Å². The van der Waals surface area contributed by atoms with Crippen molar-refractivity contribution in [2.75, 3.05) is 14.2 Å². The van der Waals surface area contributed by atoms with Crippen LogP contribution in [0.15, 0.2) is 50.0 Å². The van der Waals surface area contributed by atoms with Crippen LogP contribution in [-0.2, 0) is 0 Å². The van der Waals surface area contributed by atoms with Gasteiger partial charge in [0.25, 0.3) is 0 Å². The topological polar surface area (TPSA) is 61.8 Å². The average Bonchev–Trinajstić information content (AvgIpc) is 2.94. The van der Waals surface area contributed by atoms with Crippen LogP contribution < -0.4 is 15.1 Å². The SMILES string of the molecule is COc1ccc2c(c1)oc(=O)c1c3cccc(OC)c3oc21. The molecule has 0 bridgehead atoms. The third-order valence-electron chi connectivity index (χ3n) is 3.74. The Balaban J connectivity index is 2.24. The van der Waals surface area contributed by atoms with E-state index in [-0.39, 0.29) is 0 Å². The van der Waals surface area contributed by atoms with Crippen molar-refractivity contribution in [3.63, 3.8) is 0 Å². The molecule has 0 radical (unpaired) electrons. The Bertz CT molecular complexity index is 1070. The molecule has 0 saturated heterocycles. The maximum absolute atomic E-state index is 12.4. The molecule has 5 heteroatoms. The molecule has 5 nitrogen and oxygen atoms in total. The summed E-state index contributed by atoms with van der Waals surface area (Å²) in [4.78, 5) is 12.4. The van der Waals surface area contributed by atoms with E-state index in [9.17, 15) is 4.79 Å². The van der Waals surface area contributed by atoms with Crippen molar-refractivity contribution in [2.45, 2.75) is 0 Å². The highest BCUT2D eigenvalue weighted by Crippen LogP contribution is 2.36. The normalized spacial score (nSPS) is 11.4. The molecule has 0 aliphatic carbocycles. The Morgan fingerprint density at radius 1 is 0.909 bits per heavy atom. The summed E-state index contributed by atoms with van der Waals surface area (Å²) in [6, 6.07) is 10.7. The van der Waals surface area contributed by atoms with Gasteiger partial charge in [-0.2, -0.15) is 0 Å². The van der Waals surface area contributed by atoms with Gasteiger partial charge in [0, 0.05) is 11.5 Å². The van der Waals surface area contributed by atoms with Gasteiger partial charge in [-0.3, -0.25) is 0 Å². The molecule has 0 atom stereocenters. The van der Waals surface area contributed by atoms with Crippen molar-refractivity contribution in [3.05, 3.63) is 46.8 Å². The number of hydrogen-bond donors (Lipinski definition) is 0. The fourth-order valence-corrected chi connectivity index (χ4v) is 2.70. The highest BCUT2D eigenvalue weighted by atomic mass is 16.5. The molecule has 2 heterocycles. The molecule has 0 spiro atoms. The molecule has 22 heavy (non-hydrogen) atoms. The summed E-state index contributed by atoms with van der Waals surface area (Å²) < 4.78 is 21.8. The zero-order valence-electron chi connectivity index (χ0n) is 12.0. The Labute approximate surface area is 124 Å². The molecule has 0 unspecified atom stereocenters. The van der Waals surface area contributed by atoms with Crippen LogP contribution >= 0.6 is 0 Å².